The third kappa shape index (κ3) is 4.00. The lowest BCUT2D eigenvalue weighted by molar-refractivity contribution is 0.0854. The third-order valence-corrected chi connectivity index (χ3v) is 7.82. The molecule has 170 valence electrons. The summed E-state index contributed by atoms with van der Waals surface area (Å²) in [6.45, 7) is 1.87. The first kappa shape index (κ1) is 22.4. The lowest BCUT2D eigenvalue weighted by atomic mass is 9.65. The molecule has 1 aromatic heterocycles. The van der Waals surface area contributed by atoms with Gasteiger partial charge < -0.3 is 21.8 Å². The van der Waals surface area contributed by atoms with Gasteiger partial charge in [0.1, 0.15) is 0 Å². The molecule has 0 spiro atoms. The van der Waals surface area contributed by atoms with E-state index >= 15 is 0 Å². The van der Waals surface area contributed by atoms with Gasteiger partial charge in [0.15, 0.2) is 5.78 Å². The molecule has 1 fully saturated rings. The quantitative estimate of drug-likeness (QED) is 0.377. The summed E-state index contributed by atoms with van der Waals surface area (Å²) < 4.78 is 0. The summed E-state index contributed by atoms with van der Waals surface area (Å²) in [5.74, 6) is 5.72. The number of rotatable bonds is 7. The molecule has 0 saturated heterocycles. The fourth-order valence-electron chi connectivity index (χ4n) is 4.48. The summed E-state index contributed by atoms with van der Waals surface area (Å²) >= 11 is 1.24. The van der Waals surface area contributed by atoms with Crippen molar-refractivity contribution in [3.8, 4) is 0 Å². The number of hydrogen-bond donors (Lipinski definition) is 4. The maximum atomic E-state index is 14.0. The van der Waals surface area contributed by atoms with Crippen LogP contribution in [0.2, 0.25) is 0 Å². The Balaban J connectivity index is 1.71. The molecular formula is C24H31N5O2S. The fourth-order valence-corrected chi connectivity index (χ4v) is 5.63. The molecule has 1 heterocycles. The van der Waals surface area contributed by atoms with E-state index in [9.17, 15) is 9.59 Å². The van der Waals surface area contributed by atoms with Crippen molar-refractivity contribution in [1.29, 1.82) is 0 Å². The Morgan fingerprint density at radius 1 is 1.28 bits per heavy atom. The summed E-state index contributed by atoms with van der Waals surface area (Å²) in [6, 6.07) is 10.1. The number of nitrogens with zero attached hydrogens (tertiary/aromatic N) is 1. The van der Waals surface area contributed by atoms with Crippen LogP contribution in [0.25, 0.3) is 0 Å². The summed E-state index contributed by atoms with van der Waals surface area (Å²) in [4.78, 5) is 27.4. The zero-order valence-electron chi connectivity index (χ0n) is 18.6. The van der Waals surface area contributed by atoms with E-state index in [-0.39, 0.29) is 17.7 Å². The summed E-state index contributed by atoms with van der Waals surface area (Å²) in [7, 11) is 1.75. The van der Waals surface area contributed by atoms with Crippen molar-refractivity contribution in [2.45, 2.75) is 56.9 Å². The maximum Gasteiger partial charge on any atom is 0.254 e. The number of nitrogens with one attached hydrogen (secondary N) is 1. The molecule has 0 aliphatic heterocycles. The fraction of sp³-hybridized carbons (Fsp3) is 0.417. The van der Waals surface area contributed by atoms with E-state index in [1.54, 1.807) is 7.05 Å². The highest BCUT2D eigenvalue weighted by atomic mass is 32.1. The molecule has 4 rings (SSSR count). The zero-order chi connectivity index (χ0) is 23.0. The van der Waals surface area contributed by atoms with E-state index in [2.05, 4.69) is 5.32 Å². The largest absolute Gasteiger partial charge is 0.401 e. The molecule has 7 N–H and O–H groups in total. The van der Waals surface area contributed by atoms with E-state index in [1.807, 2.05) is 37.3 Å². The van der Waals surface area contributed by atoms with Crippen molar-refractivity contribution in [1.82, 2.24) is 10.3 Å². The number of hydrazine groups is 1. The number of carbonyl (C=O) groups is 2. The van der Waals surface area contributed by atoms with Crippen molar-refractivity contribution in [3.05, 3.63) is 63.3 Å². The molecule has 1 saturated carbocycles. The molecule has 1 amide bonds. The Hall–Kier alpha value is -2.84. The van der Waals surface area contributed by atoms with Crippen LogP contribution in [0.3, 0.4) is 0 Å². The lowest BCUT2D eigenvalue weighted by Crippen LogP contribution is -2.40. The number of ketones is 1. The number of carbonyl (C=O) groups excluding carboxylic acids is 2. The molecule has 2 aromatic rings. The molecule has 1 aromatic carbocycles. The van der Waals surface area contributed by atoms with Crippen LogP contribution in [0.1, 0.15) is 70.2 Å². The summed E-state index contributed by atoms with van der Waals surface area (Å²) in [6.07, 6.45) is 4.33. The predicted octanol–water partition coefficient (Wildman–Crippen LogP) is 3.07. The Kier molecular flexibility index (Phi) is 6.01. The molecule has 7 nitrogen and oxygen atoms in total. The van der Waals surface area contributed by atoms with Crippen LogP contribution in [0.15, 0.2) is 41.7 Å². The van der Waals surface area contributed by atoms with Gasteiger partial charge >= 0.3 is 0 Å². The molecule has 0 bridgehead atoms. The van der Waals surface area contributed by atoms with Gasteiger partial charge in [0.2, 0.25) is 0 Å². The second kappa shape index (κ2) is 8.60. The molecule has 2 aliphatic rings. The molecule has 32 heavy (non-hydrogen) atoms. The number of nitrogens with two attached hydrogens (primary N) is 3. The minimum Gasteiger partial charge on any atom is -0.401 e. The Morgan fingerprint density at radius 3 is 2.59 bits per heavy atom. The van der Waals surface area contributed by atoms with Crippen LogP contribution < -0.4 is 22.6 Å². The van der Waals surface area contributed by atoms with Crippen LogP contribution in [0.5, 0.6) is 0 Å². The van der Waals surface area contributed by atoms with Crippen molar-refractivity contribution < 1.29 is 9.59 Å². The highest BCUT2D eigenvalue weighted by Gasteiger charge is 2.46. The monoisotopic (exact) mass is 453 g/mol. The van der Waals surface area contributed by atoms with E-state index in [4.69, 9.17) is 17.3 Å². The van der Waals surface area contributed by atoms with Gasteiger partial charge in [0.05, 0.1) is 20.9 Å². The lowest BCUT2D eigenvalue weighted by Gasteiger charge is -2.36. The number of Topliss-reactive ketones (excluding diaryl/α,β-unsaturated/α-hetero) is 1. The molecule has 0 radical (unpaired) electrons. The van der Waals surface area contributed by atoms with Gasteiger partial charge in [-0.15, -0.1) is 11.3 Å². The first-order valence-corrected chi connectivity index (χ1v) is 11.8. The van der Waals surface area contributed by atoms with E-state index in [1.165, 1.54) is 16.3 Å². The third-order valence-electron chi connectivity index (χ3n) is 6.76. The van der Waals surface area contributed by atoms with Crippen molar-refractivity contribution in [2.75, 3.05) is 12.8 Å². The number of allylic oxidation sites excluding steroid dienone is 2. The average Bonchev–Trinajstić information content (AvgIpc) is 3.52. The molecule has 1 atom stereocenters. The van der Waals surface area contributed by atoms with E-state index in [0.29, 0.717) is 46.8 Å². The number of benzene rings is 1. The average molecular weight is 454 g/mol. The Morgan fingerprint density at radius 2 is 1.97 bits per heavy atom. The topological polar surface area (TPSA) is 127 Å². The van der Waals surface area contributed by atoms with Gasteiger partial charge in [0, 0.05) is 24.5 Å². The number of nitrogen functional groups attached to an aromatic ring is 1. The highest BCUT2D eigenvalue weighted by Crippen LogP contribution is 2.47. The number of hydrogen-bond acceptors (Lipinski definition) is 7. The number of fused-ring (bicyclic) bond motifs is 1. The van der Waals surface area contributed by atoms with E-state index < -0.39 is 5.41 Å². The summed E-state index contributed by atoms with van der Waals surface area (Å²) in [5.41, 5.74) is 15.6. The summed E-state index contributed by atoms with van der Waals surface area (Å²) in [5, 5.41) is 4.93. The molecule has 2 aliphatic carbocycles. The first-order valence-electron chi connectivity index (χ1n) is 11.0. The minimum atomic E-state index is -0.714. The van der Waals surface area contributed by atoms with Crippen molar-refractivity contribution in [3.63, 3.8) is 0 Å². The smallest absolute Gasteiger partial charge is 0.254 e. The second-order valence-corrected chi connectivity index (χ2v) is 9.95. The van der Waals surface area contributed by atoms with Crippen molar-refractivity contribution >= 4 is 28.0 Å². The zero-order valence-corrected chi connectivity index (χ0v) is 19.4. The van der Waals surface area contributed by atoms with Crippen LogP contribution >= 0.6 is 11.3 Å². The standard InChI is InChI=1S/C24H31N5O2S/c1-14(29(2)27)18(25)11-13-24(15-6-4-3-5-7-15)12-10-17-19(23(31)28-16-8-9-16)22(26)32-20(17)21(24)30/h3-7,16H,8-13,25-27H2,1-2H3,(H,28,31)/b18-14-. The van der Waals surface area contributed by atoms with Crippen LogP contribution in [0, 0.1) is 0 Å². The Bertz CT molecular complexity index is 1070. The molecular weight excluding hydrogens is 422 g/mol. The molecule has 8 heteroatoms. The number of amides is 1. The van der Waals surface area contributed by atoms with Gasteiger partial charge in [0.25, 0.3) is 5.91 Å². The highest BCUT2D eigenvalue weighted by molar-refractivity contribution is 7.18. The number of anilines is 1. The van der Waals surface area contributed by atoms with Gasteiger partial charge in [-0.05, 0) is 56.6 Å². The van der Waals surface area contributed by atoms with Crippen LogP contribution in [-0.4, -0.2) is 29.8 Å². The second-order valence-electron chi connectivity index (χ2n) is 8.90. The SMILES string of the molecule is C/C(=C(/N)CCC1(c2ccccc2)CCc2c(sc(N)c2C(=O)NC2CC2)C1=O)N(C)N. The van der Waals surface area contributed by atoms with Gasteiger partial charge in [-0.3, -0.25) is 9.59 Å². The van der Waals surface area contributed by atoms with Gasteiger partial charge in [-0.1, -0.05) is 30.3 Å². The minimum absolute atomic E-state index is 0.0266. The maximum absolute atomic E-state index is 14.0. The van der Waals surface area contributed by atoms with Crippen molar-refractivity contribution in [2.24, 2.45) is 11.6 Å². The first-order chi connectivity index (χ1) is 15.2. The predicted molar refractivity (Wildman–Crippen MR) is 128 cm³/mol. The van der Waals surface area contributed by atoms with Crippen LogP contribution in [-0.2, 0) is 11.8 Å². The van der Waals surface area contributed by atoms with Gasteiger partial charge in [-0.2, -0.15) is 0 Å². The normalized spacial score (nSPS) is 21.0. The van der Waals surface area contributed by atoms with Crippen LogP contribution in [0.4, 0.5) is 5.00 Å². The number of thiophene rings is 1. The Labute approximate surface area is 192 Å². The molecule has 1 unspecified atom stereocenters. The van der Waals surface area contributed by atoms with E-state index in [0.717, 1.165) is 29.7 Å². The van der Waals surface area contributed by atoms with Gasteiger partial charge in [-0.25, -0.2) is 5.84 Å².